The highest BCUT2D eigenvalue weighted by atomic mass is 19.1. The number of aromatic nitrogens is 5. The minimum absolute atomic E-state index is 0.0610. The predicted octanol–water partition coefficient (Wildman–Crippen LogP) is 2.11. The van der Waals surface area contributed by atoms with Gasteiger partial charge < -0.3 is 4.74 Å². The van der Waals surface area contributed by atoms with Gasteiger partial charge in [-0.05, 0) is 30.0 Å². The number of benzene rings is 1. The maximum Gasteiger partial charge on any atom is 0.295 e. The van der Waals surface area contributed by atoms with E-state index in [0.29, 0.717) is 11.7 Å². The van der Waals surface area contributed by atoms with Crippen molar-refractivity contribution in [3.05, 3.63) is 54.0 Å². The molecule has 2 atom stereocenters. The van der Waals surface area contributed by atoms with E-state index in [9.17, 15) is 4.39 Å². The first-order valence-electron chi connectivity index (χ1n) is 9.16. The Morgan fingerprint density at radius 2 is 2.11 bits per heavy atom. The topological polar surface area (TPSA) is 76.6 Å². The van der Waals surface area contributed by atoms with Gasteiger partial charge in [-0.15, -0.1) is 9.89 Å². The quantitative estimate of drug-likeness (QED) is 0.690. The molecule has 0 radical (unpaired) electrons. The normalized spacial score (nSPS) is 20.9. The molecule has 1 fully saturated rings. The zero-order valence-corrected chi connectivity index (χ0v) is 15.1. The summed E-state index contributed by atoms with van der Waals surface area (Å²) in [7, 11) is 1.69. The fourth-order valence-electron chi connectivity index (χ4n) is 4.01. The molecule has 1 aromatic carbocycles. The minimum atomic E-state index is -0.569. The number of hydrazine groups is 1. The molecule has 9 nitrogen and oxygen atoms in total. The molecule has 6 rings (SSSR count). The molecule has 10 heteroatoms. The van der Waals surface area contributed by atoms with Crippen LogP contribution >= 0.6 is 0 Å². The Balaban J connectivity index is 1.42. The predicted molar refractivity (Wildman–Crippen MR) is 97.9 cm³/mol. The van der Waals surface area contributed by atoms with E-state index in [0.717, 1.165) is 29.8 Å². The van der Waals surface area contributed by atoms with Gasteiger partial charge in [0, 0.05) is 12.7 Å². The number of aliphatic imine (C=N–C) groups is 1. The van der Waals surface area contributed by atoms with Crippen molar-refractivity contribution in [2.24, 2.45) is 10.9 Å². The summed E-state index contributed by atoms with van der Waals surface area (Å²) in [6.07, 6.45) is 6.32. The summed E-state index contributed by atoms with van der Waals surface area (Å²) in [5, 5.41) is 12.1. The van der Waals surface area contributed by atoms with Crippen molar-refractivity contribution >= 4 is 12.2 Å². The standard InChI is InChI=1S/C18H17FN8O/c1-28-16(11-6-7-11)13-9-24(23-22-13)25-10-21-17-12-4-2-3-5-14(12)26-15(27(17)25)8-20-18(26)19/h2-5,8-11,16-17H,6-7H2,1H3. The number of hydrogen-bond acceptors (Lipinski definition) is 7. The maximum absolute atomic E-state index is 14.5. The summed E-state index contributed by atoms with van der Waals surface area (Å²) in [4.78, 5) is 10.1. The molecule has 142 valence electrons. The number of nitrogens with zero attached hydrogens (tertiary/aromatic N) is 8. The summed E-state index contributed by atoms with van der Waals surface area (Å²) in [6, 6.07) is 7.60. The molecule has 2 unspecified atom stereocenters. The summed E-state index contributed by atoms with van der Waals surface area (Å²) in [5.41, 5.74) is 2.40. The van der Waals surface area contributed by atoms with Gasteiger partial charge in [0.2, 0.25) is 0 Å². The smallest absolute Gasteiger partial charge is 0.295 e. The lowest BCUT2D eigenvalue weighted by molar-refractivity contribution is 0.0809. The van der Waals surface area contributed by atoms with Crippen LogP contribution in [-0.4, -0.2) is 38.1 Å². The highest BCUT2D eigenvalue weighted by Crippen LogP contribution is 2.43. The minimum Gasteiger partial charge on any atom is -0.375 e. The first kappa shape index (κ1) is 15.8. The lowest BCUT2D eigenvalue weighted by Gasteiger charge is -2.36. The second-order valence-corrected chi connectivity index (χ2v) is 7.14. The first-order chi connectivity index (χ1) is 13.8. The molecular formula is C18H17FN8O. The second kappa shape index (κ2) is 5.61. The number of halogens is 1. The maximum atomic E-state index is 14.5. The van der Waals surface area contributed by atoms with E-state index in [2.05, 4.69) is 20.3 Å². The molecule has 3 aromatic rings. The van der Waals surface area contributed by atoms with Crippen molar-refractivity contribution in [2.45, 2.75) is 25.1 Å². The van der Waals surface area contributed by atoms with Gasteiger partial charge in [0.05, 0.1) is 18.1 Å². The summed E-state index contributed by atoms with van der Waals surface area (Å²) in [5.74, 6) is 1.06. The third-order valence-corrected chi connectivity index (χ3v) is 5.46. The Hall–Kier alpha value is -3.27. The number of imidazole rings is 1. The monoisotopic (exact) mass is 380 g/mol. The van der Waals surface area contributed by atoms with Gasteiger partial charge in [0.15, 0.2) is 12.0 Å². The van der Waals surface area contributed by atoms with E-state index in [1.54, 1.807) is 23.4 Å². The SMILES string of the molecule is COC(c1cn(N2C=NC3c4ccccc4-n4c(cnc4F)N32)nn1)C1CC1. The van der Waals surface area contributed by atoms with Crippen molar-refractivity contribution in [3.8, 4) is 5.69 Å². The third kappa shape index (κ3) is 2.09. The summed E-state index contributed by atoms with van der Waals surface area (Å²) < 4.78 is 21.5. The van der Waals surface area contributed by atoms with E-state index in [1.807, 2.05) is 35.5 Å². The average Bonchev–Trinajstić information content (AvgIpc) is 3.11. The van der Waals surface area contributed by atoms with Crippen molar-refractivity contribution in [1.82, 2.24) is 24.7 Å². The molecule has 2 aliphatic heterocycles. The molecule has 0 saturated heterocycles. The number of anilines is 1. The van der Waals surface area contributed by atoms with Gasteiger partial charge in [-0.25, -0.2) is 15.0 Å². The van der Waals surface area contributed by atoms with Crippen molar-refractivity contribution < 1.29 is 9.13 Å². The first-order valence-corrected chi connectivity index (χ1v) is 9.16. The van der Waals surface area contributed by atoms with Gasteiger partial charge in [0.1, 0.15) is 18.1 Å². The highest BCUT2D eigenvalue weighted by Gasteiger charge is 2.41. The Kier molecular flexibility index (Phi) is 3.16. The molecule has 2 aromatic heterocycles. The third-order valence-electron chi connectivity index (χ3n) is 5.46. The molecule has 28 heavy (non-hydrogen) atoms. The molecule has 4 heterocycles. The number of rotatable bonds is 4. The summed E-state index contributed by atoms with van der Waals surface area (Å²) in [6.45, 7) is 0. The lowest BCUT2D eigenvalue weighted by Crippen LogP contribution is -2.49. The number of fused-ring (bicyclic) bond motifs is 6. The zero-order valence-electron chi connectivity index (χ0n) is 15.1. The van der Waals surface area contributed by atoms with E-state index in [4.69, 9.17) is 4.74 Å². The van der Waals surface area contributed by atoms with Crippen LogP contribution in [0.4, 0.5) is 10.2 Å². The van der Waals surface area contributed by atoms with Gasteiger partial charge in [-0.3, -0.25) is 4.57 Å². The largest absolute Gasteiger partial charge is 0.375 e. The van der Waals surface area contributed by atoms with Crippen LogP contribution in [0.3, 0.4) is 0 Å². The van der Waals surface area contributed by atoms with Crippen molar-refractivity contribution in [1.29, 1.82) is 0 Å². The fraction of sp³-hybridized carbons (Fsp3) is 0.333. The summed E-state index contributed by atoms with van der Waals surface area (Å²) >= 11 is 0. The Labute approximate surface area is 159 Å². The molecule has 0 spiro atoms. The van der Waals surface area contributed by atoms with Crippen molar-refractivity contribution in [2.75, 3.05) is 17.2 Å². The second-order valence-electron chi connectivity index (χ2n) is 7.14. The number of ether oxygens (including phenoxy) is 1. The fourth-order valence-corrected chi connectivity index (χ4v) is 4.01. The Morgan fingerprint density at radius 3 is 2.93 bits per heavy atom. The van der Waals surface area contributed by atoms with Crippen LogP contribution in [0, 0.1) is 12.0 Å². The average molecular weight is 380 g/mol. The van der Waals surface area contributed by atoms with E-state index in [-0.39, 0.29) is 12.3 Å². The highest BCUT2D eigenvalue weighted by molar-refractivity contribution is 5.78. The molecule has 0 amide bonds. The van der Waals surface area contributed by atoms with Crippen LogP contribution < -0.4 is 10.1 Å². The number of para-hydroxylation sites is 1. The van der Waals surface area contributed by atoms with E-state index < -0.39 is 6.08 Å². The van der Waals surface area contributed by atoms with Crippen LogP contribution in [0.15, 0.2) is 41.7 Å². The zero-order chi connectivity index (χ0) is 18.8. The van der Waals surface area contributed by atoms with E-state index >= 15 is 0 Å². The molecule has 1 aliphatic carbocycles. The molecule has 0 bridgehead atoms. The molecular weight excluding hydrogens is 363 g/mol. The van der Waals surface area contributed by atoms with Crippen LogP contribution in [-0.2, 0) is 4.74 Å². The van der Waals surface area contributed by atoms with Crippen molar-refractivity contribution in [3.63, 3.8) is 0 Å². The molecule has 3 aliphatic rings. The van der Waals surface area contributed by atoms with Gasteiger partial charge >= 0.3 is 0 Å². The van der Waals surface area contributed by atoms with Crippen LogP contribution in [0.25, 0.3) is 5.69 Å². The van der Waals surface area contributed by atoms with Gasteiger partial charge in [-0.1, -0.05) is 18.2 Å². The molecule has 1 saturated carbocycles. The lowest BCUT2D eigenvalue weighted by atomic mass is 10.1. The van der Waals surface area contributed by atoms with Gasteiger partial charge in [0.25, 0.3) is 6.08 Å². The Morgan fingerprint density at radius 1 is 1.25 bits per heavy atom. The van der Waals surface area contributed by atoms with Crippen LogP contribution in [0.2, 0.25) is 0 Å². The van der Waals surface area contributed by atoms with Crippen LogP contribution in [0.1, 0.15) is 36.4 Å². The van der Waals surface area contributed by atoms with Gasteiger partial charge in [-0.2, -0.15) is 9.51 Å². The Bertz CT molecular complexity index is 1090. The molecule has 0 N–H and O–H groups in total. The number of methoxy groups -OCH3 is 1. The van der Waals surface area contributed by atoms with Crippen LogP contribution in [0.5, 0.6) is 0 Å². The number of hydrogen-bond donors (Lipinski definition) is 0. The van der Waals surface area contributed by atoms with E-state index in [1.165, 1.54) is 10.8 Å².